The Kier molecular flexibility index (Phi) is 6.26. The number of halogens is 1. The van der Waals surface area contributed by atoms with Gasteiger partial charge in [-0.05, 0) is 32.0 Å². The van der Waals surface area contributed by atoms with Crippen molar-refractivity contribution in [1.82, 2.24) is 0 Å². The fourth-order valence-electron chi connectivity index (χ4n) is 2.03. The van der Waals surface area contributed by atoms with Gasteiger partial charge in [0.15, 0.2) is 11.5 Å². The molecule has 24 heavy (non-hydrogen) atoms. The lowest BCUT2D eigenvalue weighted by atomic mass is 10.1. The minimum absolute atomic E-state index is 0.135. The first-order valence-corrected chi connectivity index (χ1v) is 7.90. The summed E-state index contributed by atoms with van der Waals surface area (Å²) in [5.41, 5.74) is 6.71. The maximum Gasteiger partial charge on any atom is 0.358 e. The number of aliphatic imine (C=N–C) groups is 1. The van der Waals surface area contributed by atoms with Crippen molar-refractivity contribution in [2.24, 2.45) is 10.7 Å². The van der Waals surface area contributed by atoms with Crippen LogP contribution in [0.25, 0.3) is 0 Å². The van der Waals surface area contributed by atoms with E-state index in [4.69, 9.17) is 31.5 Å². The highest BCUT2D eigenvalue weighted by atomic mass is 35.5. The van der Waals surface area contributed by atoms with Gasteiger partial charge in [0.25, 0.3) is 0 Å². The average Bonchev–Trinajstić information content (AvgIpc) is 2.55. The van der Waals surface area contributed by atoms with Gasteiger partial charge in [-0.25, -0.2) is 9.79 Å². The fraction of sp³-hybridized carbons (Fsp3) is 0.294. The largest absolute Gasteiger partial charge is 0.495 e. The molecule has 0 unspecified atom stereocenters. The molecule has 2 N–H and O–H groups in total. The maximum atomic E-state index is 11.9. The van der Waals surface area contributed by atoms with E-state index in [1.54, 1.807) is 37.3 Å². The average molecular weight is 351 g/mol. The molecule has 0 saturated carbocycles. The van der Waals surface area contributed by atoms with Crippen LogP contribution in [0.15, 0.2) is 52.5 Å². The Bertz CT molecular complexity index is 710. The van der Waals surface area contributed by atoms with Gasteiger partial charge in [0, 0.05) is 11.1 Å². The highest BCUT2D eigenvalue weighted by molar-refractivity contribution is 6.30. The highest BCUT2D eigenvalue weighted by Gasteiger charge is 2.24. The van der Waals surface area contributed by atoms with Crippen molar-refractivity contribution < 1.29 is 19.0 Å². The zero-order chi connectivity index (χ0) is 17.5. The van der Waals surface area contributed by atoms with Crippen LogP contribution in [-0.2, 0) is 19.0 Å². The zero-order valence-electron chi connectivity index (χ0n) is 13.5. The van der Waals surface area contributed by atoms with Crippen molar-refractivity contribution >= 4 is 29.0 Å². The van der Waals surface area contributed by atoms with Gasteiger partial charge in [-0.1, -0.05) is 17.7 Å². The number of allylic oxidation sites excluding steroid dienone is 1. The topological polar surface area (TPSA) is 83.1 Å². The van der Waals surface area contributed by atoms with E-state index in [9.17, 15) is 4.79 Å². The molecule has 0 bridgehead atoms. The molecule has 0 spiro atoms. The number of rotatable bonds is 5. The summed E-state index contributed by atoms with van der Waals surface area (Å²) in [4.78, 5) is 16.4. The van der Waals surface area contributed by atoms with Gasteiger partial charge >= 0.3 is 5.97 Å². The second-order valence-corrected chi connectivity index (χ2v) is 5.21. The molecule has 0 aromatic heterocycles. The minimum atomic E-state index is -0.653. The summed E-state index contributed by atoms with van der Waals surface area (Å²) in [5, 5.41) is 0.548. The van der Waals surface area contributed by atoms with Crippen LogP contribution in [0.5, 0.6) is 0 Å². The van der Waals surface area contributed by atoms with Crippen LogP contribution in [0, 0.1) is 0 Å². The van der Waals surface area contributed by atoms with E-state index in [1.165, 1.54) is 0 Å². The van der Waals surface area contributed by atoms with Gasteiger partial charge < -0.3 is 19.9 Å². The molecular weight excluding hydrogens is 332 g/mol. The zero-order valence-corrected chi connectivity index (χ0v) is 14.3. The van der Waals surface area contributed by atoms with Crippen molar-refractivity contribution in [1.29, 1.82) is 0 Å². The molecule has 0 radical (unpaired) electrons. The second kappa shape index (κ2) is 8.40. The fourth-order valence-corrected chi connectivity index (χ4v) is 2.22. The molecule has 1 aromatic carbocycles. The van der Waals surface area contributed by atoms with Gasteiger partial charge in [0.05, 0.1) is 18.9 Å². The van der Waals surface area contributed by atoms with E-state index >= 15 is 0 Å². The monoisotopic (exact) mass is 350 g/mol. The molecule has 1 aromatic rings. The summed E-state index contributed by atoms with van der Waals surface area (Å²) in [6.45, 7) is 4.44. The Morgan fingerprint density at radius 2 is 2.17 bits per heavy atom. The Labute approximate surface area is 145 Å². The van der Waals surface area contributed by atoms with E-state index in [1.807, 2.05) is 6.92 Å². The summed E-state index contributed by atoms with van der Waals surface area (Å²) >= 11 is 5.98. The SMILES string of the molecule is CCOC(=O)/C(N)=C1\OCC(OCC)=CC1=Nc1cccc(Cl)c1. The Morgan fingerprint density at radius 3 is 2.83 bits per heavy atom. The third-order valence-corrected chi connectivity index (χ3v) is 3.25. The van der Waals surface area contributed by atoms with E-state index in [0.717, 1.165) is 0 Å². The Morgan fingerprint density at radius 1 is 1.38 bits per heavy atom. The van der Waals surface area contributed by atoms with E-state index in [-0.39, 0.29) is 24.7 Å². The predicted octanol–water partition coefficient (Wildman–Crippen LogP) is 3.10. The number of carbonyl (C=O) groups is 1. The summed E-state index contributed by atoms with van der Waals surface area (Å²) < 4.78 is 16.0. The Hall–Kier alpha value is -2.47. The third-order valence-electron chi connectivity index (χ3n) is 3.02. The lowest BCUT2D eigenvalue weighted by Crippen LogP contribution is -2.25. The van der Waals surface area contributed by atoms with E-state index in [2.05, 4.69) is 4.99 Å². The highest BCUT2D eigenvalue weighted by Crippen LogP contribution is 2.23. The summed E-state index contributed by atoms with van der Waals surface area (Å²) in [5.74, 6) is 0.107. The van der Waals surface area contributed by atoms with Gasteiger partial charge in [0.1, 0.15) is 18.1 Å². The molecular formula is C17H19ClN2O4. The molecule has 1 aliphatic heterocycles. The number of nitrogens with two attached hydrogens (primary N) is 1. The molecule has 0 saturated heterocycles. The molecule has 1 aliphatic rings. The number of nitrogens with zero attached hydrogens (tertiary/aromatic N) is 1. The number of ether oxygens (including phenoxy) is 3. The summed E-state index contributed by atoms with van der Waals surface area (Å²) in [7, 11) is 0. The standard InChI is InChI=1S/C17H19ClN2O4/c1-3-22-13-9-14(20-12-7-5-6-11(18)8-12)16(24-10-13)15(19)17(21)23-4-2/h5-9H,3-4,10,19H2,1-2H3/b16-15+,20-14?. The molecule has 2 rings (SSSR count). The van der Waals surface area contributed by atoms with Crippen molar-refractivity contribution in [3.05, 3.63) is 52.6 Å². The number of hydrogen-bond acceptors (Lipinski definition) is 6. The van der Waals surface area contributed by atoms with Crippen LogP contribution < -0.4 is 5.73 Å². The lowest BCUT2D eigenvalue weighted by Gasteiger charge is -2.20. The first-order valence-electron chi connectivity index (χ1n) is 7.52. The molecule has 1 heterocycles. The number of carbonyl (C=O) groups excluding carboxylic acids is 1. The molecule has 0 amide bonds. The normalized spacial score (nSPS) is 17.8. The van der Waals surface area contributed by atoms with Crippen molar-refractivity contribution in [3.63, 3.8) is 0 Å². The first kappa shape index (κ1) is 17.9. The van der Waals surface area contributed by atoms with E-state index < -0.39 is 5.97 Å². The number of benzene rings is 1. The van der Waals surface area contributed by atoms with Crippen LogP contribution in [0.1, 0.15) is 13.8 Å². The van der Waals surface area contributed by atoms with Crippen LogP contribution >= 0.6 is 11.6 Å². The van der Waals surface area contributed by atoms with Crippen molar-refractivity contribution in [2.45, 2.75) is 13.8 Å². The van der Waals surface area contributed by atoms with Crippen LogP contribution in [0.2, 0.25) is 5.02 Å². The van der Waals surface area contributed by atoms with Crippen LogP contribution in [-0.4, -0.2) is 31.5 Å². The molecule has 0 fully saturated rings. The van der Waals surface area contributed by atoms with Gasteiger partial charge in [-0.3, -0.25) is 0 Å². The molecule has 0 aliphatic carbocycles. The lowest BCUT2D eigenvalue weighted by molar-refractivity contribution is -0.138. The van der Waals surface area contributed by atoms with Crippen LogP contribution in [0.3, 0.4) is 0 Å². The molecule has 0 atom stereocenters. The quantitative estimate of drug-likeness (QED) is 0.651. The second-order valence-electron chi connectivity index (χ2n) is 4.77. The van der Waals surface area contributed by atoms with Crippen molar-refractivity contribution in [3.8, 4) is 0 Å². The van der Waals surface area contributed by atoms with Crippen molar-refractivity contribution in [2.75, 3.05) is 19.8 Å². The Balaban J connectivity index is 2.47. The van der Waals surface area contributed by atoms with Gasteiger partial charge in [0.2, 0.25) is 0 Å². The van der Waals surface area contributed by atoms with Gasteiger partial charge in [-0.2, -0.15) is 0 Å². The predicted molar refractivity (Wildman–Crippen MR) is 92.1 cm³/mol. The number of esters is 1. The third kappa shape index (κ3) is 4.52. The van der Waals surface area contributed by atoms with E-state index in [0.29, 0.717) is 28.8 Å². The minimum Gasteiger partial charge on any atom is -0.495 e. The summed E-state index contributed by atoms with van der Waals surface area (Å²) in [6, 6.07) is 6.99. The first-order chi connectivity index (χ1) is 11.5. The molecule has 128 valence electrons. The molecule has 6 nitrogen and oxygen atoms in total. The smallest absolute Gasteiger partial charge is 0.358 e. The summed E-state index contributed by atoms with van der Waals surface area (Å²) in [6.07, 6.45) is 1.69. The number of hydrogen-bond donors (Lipinski definition) is 1. The maximum absolute atomic E-state index is 11.9. The van der Waals surface area contributed by atoms with Gasteiger partial charge in [-0.15, -0.1) is 0 Å². The van der Waals surface area contributed by atoms with Crippen LogP contribution in [0.4, 0.5) is 5.69 Å². The molecule has 7 heteroatoms.